The molecule has 1 unspecified atom stereocenters. The van der Waals surface area contributed by atoms with Crippen LogP contribution in [0.4, 0.5) is 4.39 Å². The summed E-state index contributed by atoms with van der Waals surface area (Å²) < 4.78 is 14.8. The molecule has 6 nitrogen and oxygen atoms in total. The number of amides is 1. The maximum atomic E-state index is 14.8. The van der Waals surface area contributed by atoms with Gasteiger partial charge in [0.2, 0.25) is 11.7 Å². The van der Waals surface area contributed by atoms with Gasteiger partial charge in [0.15, 0.2) is 0 Å². The molecule has 0 spiro atoms. The van der Waals surface area contributed by atoms with Crippen molar-refractivity contribution in [3.05, 3.63) is 77.6 Å². The van der Waals surface area contributed by atoms with Crippen molar-refractivity contribution in [3.8, 4) is 11.4 Å². The molecule has 0 bridgehead atoms. The molecule has 3 aromatic carbocycles. The molecule has 30 heavy (non-hydrogen) atoms. The molecule has 4 aromatic rings. The predicted molar refractivity (Wildman–Crippen MR) is 113 cm³/mol. The van der Waals surface area contributed by atoms with E-state index >= 15 is 0 Å². The van der Waals surface area contributed by atoms with Gasteiger partial charge in [-0.2, -0.15) is 5.21 Å². The van der Waals surface area contributed by atoms with Crippen molar-refractivity contribution in [2.75, 3.05) is 0 Å². The first-order valence-electron chi connectivity index (χ1n) is 9.89. The van der Waals surface area contributed by atoms with Gasteiger partial charge in [0.1, 0.15) is 5.82 Å². The Morgan fingerprint density at radius 1 is 1.07 bits per heavy atom. The first kappa shape index (κ1) is 19.7. The van der Waals surface area contributed by atoms with Crippen LogP contribution in [-0.4, -0.2) is 26.5 Å². The second-order valence-corrected chi connectivity index (χ2v) is 7.41. The van der Waals surface area contributed by atoms with Crippen LogP contribution in [0.15, 0.2) is 60.7 Å². The van der Waals surface area contributed by atoms with Gasteiger partial charge in [-0.3, -0.25) is 4.79 Å². The van der Waals surface area contributed by atoms with E-state index in [-0.39, 0.29) is 24.1 Å². The fraction of sp³-hybridized carbons (Fsp3) is 0.217. The molecule has 1 aromatic heterocycles. The Hall–Kier alpha value is -3.61. The van der Waals surface area contributed by atoms with E-state index in [1.807, 2.05) is 12.1 Å². The number of carbonyl (C=O) groups is 1. The smallest absolute Gasteiger partial charge is 0.217 e. The maximum Gasteiger partial charge on any atom is 0.217 e. The van der Waals surface area contributed by atoms with Crippen LogP contribution in [0.25, 0.3) is 22.2 Å². The molecule has 7 heteroatoms. The summed E-state index contributed by atoms with van der Waals surface area (Å²) in [7, 11) is 0. The minimum atomic E-state index is -0.347. The van der Waals surface area contributed by atoms with Crippen LogP contribution in [0.1, 0.15) is 36.3 Å². The second kappa shape index (κ2) is 8.82. The number of halogens is 1. The Bertz CT molecular complexity index is 1160. The van der Waals surface area contributed by atoms with Crippen LogP contribution >= 0.6 is 0 Å². The summed E-state index contributed by atoms with van der Waals surface area (Å²) in [5.41, 5.74) is 7.70. The average Bonchev–Trinajstić information content (AvgIpc) is 3.28. The van der Waals surface area contributed by atoms with E-state index in [1.165, 1.54) is 6.07 Å². The predicted octanol–water partition coefficient (Wildman–Crippen LogP) is 4.14. The molecule has 0 radical (unpaired) electrons. The van der Waals surface area contributed by atoms with Crippen molar-refractivity contribution >= 4 is 16.7 Å². The van der Waals surface area contributed by atoms with Gasteiger partial charge in [0.25, 0.3) is 0 Å². The summed E-state index contributed by atoms with van der Waals surface area (Å²) in [6.07, 6.45) is 2.17. The number of rotatable bonds is 8. The maximum absolute atomic E-state index is 14.8. The van der Waals surface area contributed by atoms with Crippen molar-refractivity contribution < 1.29 is 9.18 Å². The largest absolute Gasteiger partial charge is 0.370 e. The third kappa shape index (κ3) is 4.51. The van der Waals surface area contributed by atoms with E-state index in [2.05, 4.69) is 51.0 Å². The molecule has 3 N–H and O–H groups in total. The number of H-pyrrole nitrogens is 1. The molecule has 1 heterocycles. The van der Waals surface area contributed by atoms with Gasteiger partial charge in [-0.1, -0.05) is 42.5 Å². The van der Waals surface area contributed by atoms with Gasteiger partial charge in [-0.05, 0) is 70.5 Å². The Balaban J connectivity index is 1.66. The van der Waals surface area contributed by atoms with Crippen molar-refractivity contribution in [1.29, 1.82) is 0 Å². The van der Waals surface area contributed by atoms with Crippen LogP contribution in [0, 0.1) is 5.82 Å². The van der Waals surface area contributed by atoms with E-state index in [4.69, 9.17) is 5.73 Å². The number of aromatic nitrogens is 4. The molecular formula is C23H22FN5O. The molecular weight excluding hydrogens is 381 g/mol. The van der Waals surface area contributed by atoms with E-state index in [0.29, 0.717) is 36.2 Å². The Labute approximate surface area is 173 Å². The number of nitrogens with zero attached hydrogens (tertiary/aromatic N) is 3. The van der Waals surface area contributed by atoms with E-state index < -0.39 is 0 Å². The fourth-order valence-corrected chi connectivity index (χ4v) is 3.82. The lowest BCUT2D eigenvalue weighted by atomic mass is 9.86. The zero-order chi connectivity index (χ0) is 20.9. The number of tetrazole rings is 1. The van der Waals surface area contributed by atoms with E-state index in [9.17, 15) is 9.18 Å². The third-order valence-electron chi connectivity index (χ3n) is 5.31. The monoisotopic (exact) mass is 403 g/mol. The summed E-state index contributed by atoms with van der Waals surface area (Å²) in [5.74, 6) is -0.331. The summed E-state index contributed by atoms with van der Waals surface area (Å²) in [5, 5.41) is 16.3. The number of nitrogens with one attached hydrogen (secondary N) is 1. The first-order chi connectivity index (χ1) is 14.6. The van der Waals surface area contributed by atoms with Crippen LogP contribution in [0.2, 0.25) is 0 Å². The highest BCUT2D eigenvalue weighted by molar-refractivity contribution is 5.83. The number of nitrogens with two attached hydrogens (primary N) is 1. The Morgan fingerprint density at radius 2 is 1.90 bits per heavy atom. The highest BCUT2D eigenvalue weighted by atomic mass is 19.1. The average molecular weight is 403 g/mol. The molecule has 0 aliphatic heterocycles. The van der Waals surface area contributed by atoms with Gasteiger partial charge < -0.3 is 5.73 Å². The number of hydrogen-bond acceptors (Lipinski definition) is 4. The summed E-state index contributed by atoms with van der Waals surface area (Å²) in [6, 6.07) is 19.3. The molecule has 1 atom stereocenters. The number of carbonyl (C=O) groups excluding carboxylic acids is 1. The number of benzene rings is 3. The molecule has 152 valence electrons. The first-order valence-corrected chi connectivity index (χ1v) is 9.89. The normalized spacial score (nSPS) is 12.2. The van der Waals surface area contributed by atoms with E-state index in [1.54, 1.807) is 12.1 Å². The standard InChI is InChI=1S/C23H22FN5O/c24-21-11-10-19(23-26-28-29-27-23)14-20(21)18(6-3-7-22(25)30)13-15-8-9-16-4-1-2-5-17(16)12-15/h1-2,4-5,8-12,14,18H,3,6-7,13H2,(H2,25,30)(H,26,27,28,29). The molecule has 0 saturated heterocycles. The Kier molecular flexibility index (Phi) is 5.79. The number of hydrogen-bond donors (Lipinski definition) is 2. The van der Waals surface area contributed by atoms with Gasteiger partial charge in [-0.15, -0.1) is 10.2 Å². The fourth-order valence-electron chi connectivity index (χ4n) is 3.82. The van der Waals surface area contributed by atoms with Crippen LogP contribution in [0.3, 0.4) is 0 Å². The number of aromatic amines is 1. The minimum absolute atomic E-state index is 0.114. The zero-order valence-corrected chi connectivity index (χ0v) is 16.4. The zero-order valence-electron chi connectivity index (χ0n) is 16.4. The topological polar surface area (TPSA) is 97.5 Å². The molecule has 0 saturated carbocycles. The summed E-state index contributed by atoms with van der Waals surface area (Å²) in [6.45, 7) is 0. The van der Waals surface area contributed by atoms with Gasteiger partial charge in [0.05, 0.1) is 0 Å². The van der Waals surface area contributed by atoms with Gasteiger partial charge in [-0.25, -0.2) is 4.39 Å². The quantitative estimate of drug-likeness (QED) is 0.462. The molecule has 1 amide bonds. The van der Waals surface area contributed by atoms with Gasteiger partial charge in [0, 0.05) is 12.0 Å². The minimum Gasteiger partial charge on any atom is -0.370 e. The SMILES string of the molecule is NC(=O)CCCC(Cc1ccc2ccccc2c1)c1cc(-c2nn[nH]n2)ccc1F. The molecule has 0 fully saturated rings. The lowest BCUT2D eigenvalue weighted by Crippen LogP contribution is -2.12. The lowest BCUT2D eigenvalue weighted by Gasteiger charge is -2.19. The third-order valence-corrected chi connectivity index (χ3v) is 5.31. The Morgan fingerprint density at radius 3 is 2.67 bits per heavy atom. The van der Waals surface area contributed by atoms with Crippen LogP contribution in [-0.2, 0) is 11.2 Å². The van der Waals surface area contributed by atoms with Crippen molar-refractivity contribution in [3.63, 3.8) is 0 Å². The van der Waals surface area contributed by atoms with Crippen molar-refractivity contribution in [2.24, 2.45) is 5.73 Å². The van der Waals surface area contributed by atoms with Gasteiger partial charge >= 0.3 is 0 Å². The van der Waals surface area contributed by atoms with Crippen LogP contribution < -0.4 is 5.73 Å². The highest BCUT2D eigenvalue weighted by Gasteiger charge is 2.19. The van der Waals surface area contributed by atoms with Crippen LogP contribution in [0.5, 0.6) is 0 Å². The number of fused-ring (bicyclic) bond motifs is 1. The molecule has 0 aliphatic rings. The van der Waals surface area contributed by atoms with Crippen molar-refractivity contribution in [2.45, 2.75) is 31.6 Å². The van der Waals surface area contributed by atoms with Crippen molar-refractivity contribution in [1.82, 2.24) is 20.6 Å². The molecule has 4 rings (SSSR count). The number of primary amides is 1. The van der Waals surface area contributed by atoms with E-state index in [0.717, 1.165) is 16.3 Å². The second-order valence-electron chi connectivity index (χ2n) is 7.41. The molecule has 0 aliphatic carbocycles. The summed E-state index contributed by atoms with van der Waals surface area (Å²) in [4.78, 5) is 11.2. The lowest BCUT2D eigenvalue weighted by molar-refractivity contribution is -0.118. The summed E-state index contributed by atoms with van der Waals surface area (Å²) >= 11 is 0. The highest BCUT2D eigenvalue weighted by Crippen LogP contribution is 2.32.